The third-order valence-electron chi connectivity index (χ3n) is 4.91. The number of carbonyl (C=O) groups excluding carboxylic acids is 1. The third-order valence-corrected chi connectivity index (χ3v) is 8.62. The van der Waals surface area contributed by atoms with Crippen molar-refractivity contribution in [2.75, 3.05) is 30.3 Å². The van der Waals surface area contributed by atoms with Crippen LogP contribution in [0.15, 0.2) is 71.6 Å². The van der Waals surface area contributed by atoms with Gasteiger partial charge in [0.15, 0.2) is 0 Å². The van der Waals surface area contributed by atoms with E-state index in [2.05, 4.69) is 5.32 Å². The van der Waals surface area contributed by atoms with Crippen molar-refractivity contribution in [1.29, 1.82) is 0 Å². The van der Waals surface area contributed by atoms with E-state index in [9.17, 15) is 13.2 Å². The molecule has 0 saturated carbocycles. The van der Waals surface area contributed by atoms with Gasteiger partial charge in [0.05, 0.1) is 17.7 Å². The Morgan fingerprint density at radius 2 is 1.66 bits per heavy atom. The normalized spacial score (nSPS) is 11.2. The number of hydrogen-bond acceptors (Lipinski definition) is 5. The van der Waals surface area contributed by atoms with E-state index in [0.29, 0.717) is 38.9 Å². The summed E-state index contributed by atoms with van der Waals surface area (Å²) in [5.41, 5.74) is 1.12. The molecule has 35 heavy (non-hydrogen) atoms. The maximum atomic E-state index is 13.4. The van der Waals surface area contributed by atoms with Crippen molar-refractivity contribution in [2.24, 2.45) is 0 Å². The lowest BCUT2D eigenvalue weighted by atomic mass is 10.2. The first-order valence-electron chi connectivity index (χ1n) is 10.4. The van der Waals surface area contributed by atoms with Gasteiger partial charge in [0.25, 0.3) is 10.0 Å². The van der Waals surface area contributed by atoms with Crippen LogP contribution in [0, 0.1) is 0 Å². The van der Waals surface area contributed by atoms with Gasteiger partial charge in [0.1, 0.15) is 12.3 Å². The van der Waals surface area contributed by atoms with Crippen LogP contribution in [0.4, 0.5) is 5.69 Å². The first-order chi connectivity index (χ1) is 16.7. The molecule has 0 saturated heterocycles. The summed E-state index contributed by atoms with van der Waals surface area (Å²) in [6, 6.07) is 17.6. The second-order valence-corrected chi connectivity index (χ2v) is 11.5. The van der Waals surface area contributed by atoms with E-state index in [4.69, 9.17) is 39.5 Å². The van der Waals surface area contributed by atoms with Gasteiger partial charge in [-0.1, -0.05) is 46.9 Å². The van der Waals surface area contributed by atoms with Crippen LogP contribution in [0.1, 0.15) is 5.56 Å². The summed E-state index contributed by atoms with van der Waals surface area (Å²) in [5, 5.41) is 4.31. The summed E-state index contributed by atoms with van der Waals surface area (Å²) in [6.45, 7) is -0.0622. The van der Waals surface area contributed by atoms with Crippen molar-refractivity contribution in [3.63, 3.8) is 0 Å². The van der Waals surface area contributed by atoms with Crippen LogP contribution >= 0.6 is 46.6 Å². The Kier molecular flexibility index (Phi) is 10.0. The number of sulfonamides is 1. The van der Waals surface area contributed by atoms with E-state index >= 15 is 0 Å². The molecule has 0 atom stereocenters. The molecule has 0 unspecified atom stereocenters. The Bertz CT molecular complexity index is 1250. The number of methoxy groups -OCH3 is 1. The average molecular weight is 574 g/mol. The van der Waals surface area contributed by atoms with Gasteiger partial charge in [-0.2, -0.15) is 11.8 Å². The molecule has 1 amide bonds. The minimum atomic E-state index is -4.05. The Balaban J connectivity index is 1.66. The topological polar surface area (TPSA) is 75.7 Å². The SMILES string of the molecule is COc1ccc(S(=O)(=O)N(CC(=O)NCCSCc2c(Cl)cccc2Cl)c2cccc(Cl)c2)cc1. The zero-order chi connectivity index (χ0) is 25.4. The van der Waals surface area contributed by atoms with Gasteiger partial charge in [0, 0.05) is 33.1 Å². The number of nitrogens with zero attached hydrogens (tertiary/aromatic N) is 1. The van der Waals surface area contributed by atoms with E-state index in [0.717, 1.165) is 9.87 Å². The molecule has 3 aromatic carbocycles. The molecule has 3 rings (SSSR count). The van der Waals surface area contributed by atoms with E-state index in [1.807, 2.05) is 0 Å². The maximum absolute atomic E-state index is 13.4. The highest BCUT2D eigenvalue weighted by atomic mass is 35.5. The van der Waals surface area contributed by atoms with Crippen LogP contribution < -0.4 is 14.4 Å². The van der Waals surface area contributed by atoms with E-state index < -0.39 is 22.5 Å². The molecule has 0 radical (unpaired) electrons. The average Bonchev–Trinajstić information content (AvgIpc) is 2.84. The van der Waals surface area contributed by atoms with Crippen LogP contribution in [0.2, 0.25) is 15.1 Å². The third kappa shape index (κ3) is 7.44. The zero-order valence-electron chi connectivity index (χ0n) is 18.7. The Morgan fingerprint density at radius 1 is 1.00 bits per heavy atom. The molecule has 0 aromatic heterocycles. The number of amides is 1. The smallest absolute Gasteiger partial charge is 0.264 e. The lowest BCUT2D eigenvalue weighted by Gasteiger charge is -2.24. The Morgan fingerprint density at radius 3 is 2.29 bits per heavy atom. The molecule has 186 valence electrons. The number of benzene rings is 3. The summed E-state index contributed by atoms with van der Waals surface area (Å²) >= 11 is 20.0. The predicted molar refractivity (Wildman–Crippen MR) is 145 cm³/mol. The molecule has 0 fully saturated rings. The molecule has 0 spiro atoms. The highest BCUT2D eigenvalue weighted by Crippen LogP contribution is 2.29. The monoisotopic (exact) mass is 572 g/mol. The molecule has 0 heterocycles. The first kappa shape index (κ1) is 27.5. The van der Waals surface area contributed by atoms with Crippen molar-refractivity contribution in [3.05, 3.63) is 87.4 Å². The van der Waals surface area contributed by atoms with Gasteiger partial charge in [-0.15, -0.1) is 0 Å². The number of rotatable bonds is 11. The molecule has 3 aromatic rings. The fourth-order valence-electron chi connectivity index (χ4n) is 3.11. The molecular formula is C24H23Cl3N2O4S2. The lowest BCUT2D eigenvalue weighted by molar-refractivity contribution is -0.119. The van der Waals surface area contributed by atoms with E-state index in [1.54, 1.807) is 60.3 Å². The molecule has 6 nitrogen and oxygen atoms in total. The van der Waals surface area contributed by atoms with Gasteiger partial charge in [-0.25, -0.2) is 8.42 Å². The number of ether oxygens (including phenoxy) is 1. The molecular weight excluding hydrogens is 551 g/mol. The number of anilines is 1. The van der Waals surface area contributed by atoms with Crippen molar-refractivity contribution in [2.45, 2.75) is 10.6 Å². The van der Waals surface area contributed by atoms with Crippen LogP contribution in [0.3, 0.4) is 0 Å². The van der Waals surface area contributed by atoms with Crippen molar-refractivity contribution in [1.82, 2.24) is 5.32 Å². The highest BCUT2D eigenvalue weighted by molar-refractivity contribution is 7.98. The predicted octanol–water partition coefficient (Wildman–Crippen LogP) is 5.90. The van der Waals surface area contributed by atoms with Crippen LogP contribution in [-0.2, 0) is 20.6 Å². The zero-order valence-corrected chi connectivity index (χ0v) is 22.6. The minimum Gasteiger partial charge on any atom is -0.497 e. The summed E-state index contributed by atoms with van der Waals surface area (Å²) in [5.74, 6) is 1.26. The minimum absolute atomic E-state index is 0.0262. The van der Waals surface area contributed by atoms with Crippen molar-refractivity contribution < 1.29 is 17.9 Å². The summed E-state index contributed by atoms with van der Waals surface area (Å²) in [6.07, 6.45) is 0. The molecule has 0 aliphatic carbocycles. The molecule has 11 heteroatoms. The first-order valence-corrected chi connectivity index (χ1v) is 14.1. The van der Waals surface area contributed by atoms with Gasteiger partial charge >= 0.3 is 0 Å². The maximum Gasteiger partial charge on any atom is 0.264 e. The number of hydrogen-bond donors (Lipinski definition) is 1. The van der Waals surface area contributed by atoms with E-state index in [-0.39, 0.29) is 10.6 Å². The summed E-state index contributed by atoms with van der Waals surface area (Å²) in [7, 11) is -2.55. The van der Waals surface area contributed by atoms with Crippen LogP contribution in [-0.4, -0.2) is 40.3 Å². The fourth-order valence-corrected chi connectivity index (χ4v) is 6.31. The Hall–Kier alpha value is -2.10. The van der Waals surface area contributed by atoms with Gasteiger partial charge in [-0.3, -0.25) is 9.10 Å². The highest BCUT2D eigenvalue weighted by Gasteiger charge is 2.27. The van der Waals surface area contributed by atoms with Crippen LogP contribution in [0.25, 0.3) is 0 Å². The molecule has 0 bridgehead atoms. The number of carbonyl (C=O) groups is 1. The lowest BCUT2D eigenvalue weighted by Crippen LogP contribution is -2.41. The van der Waals surface area contributed by atoms with Crippen molar-refractivity contribution >= 4 is 68.2 Å². The number of halogens is 3. The summed E-state index contributed by atoms with van der Waals surface area (Å²) in [4.78, 5) is 12.7. The van der Waals surface area contributed by atoms with Gasteiger partial charge in [-0.05, 0) is 60.2 Å². The number of nitrogens with one attached hydrogen (secondary N) is 1. The molecule has 1 N–H and O–H groups in total. The summed E-state index contributed by atoms with van der Waals surface area (Å²) < 4.78 is 33.0. The molecule has 0 aliphatic heterocycles. The van der Waals surface area contributed by atoms with Gasteiger partial charge < -0.3 is 10.1 Å². The molecule has 0 aliphatic rings. The van der Waals surface area contributed by atoms with E-state index in [1.165, 1.54) is 25.3 Å². The van der Waals surface area contributed by atoms with Crippen molar-refractivity contribution in [3.8, 4) is 5.75 Å². The largest absolute Gasteiger partial charge is 0.497 e. The Labute approximate surface area is 224 Å². The van der Waals surface area contributed by atoms with Gasteiger partial charge in [0.2, 0.25) is 5.91 Å². The second-order valence-electron chi connectivity index (χ2n) is 7.27. The van der Waals surface area contributed by atoms with Crippen LogP contribution in [0.5, 0.6) is 5.75 Å². The second kappa shape index (κ2) is 12.7. The number of thioether (sulfide) groups is 1. The standard InChI is InChI=1S/C24H23Cl3N2O4S2/c1-33-19-8-10-20(11-9-19)35(31,32)29(18-5-2-4-17(25)14-18)15-24(30)28-12-13-34-16-21-22(26)6-3-7-23(21)27/h2-11,14H,12-13,15-16H2,1H3,(H,28,30). The fraction of sp³-hybridized carbons (Fsp3) is 0.208. The quantitative estimate of drug-likeness (QED) is 0.289.